The third-order valence-corrected chi connectivity index (χ3v) is 5.82. The molecule has 4 atom stereocenters. The van der Waals surface area contributed by atoms with Gasteiger partial charge in [0.15, 0.2) is 17.7 Å². The Morgan fingerprint density at radius 2 is 1.74 bits per heavy atom. The Morgan fingerprint density at radius 1 is 1.09 bits per heavy atom. The van der Waals surface area contributed by atoms with Crippen molar-refractivity contribution in [2.45, 2.75) is 71.1 Å². The van der Waals surface area contributed by atoms with E-state index in [0.29, 0.717) is 12.8 Å². The van der Waals surface area contributed by atoms with Crippen molar-refractivity contribution in [2.24, 2.45) is 5.92 Å². The topological polar surface area (TPSA) is 127 Å². The number of amides is 2. The molecule has 0 aromatic heterocycles. The average molecular weight is 488 g/mol. The maximum atomic E-state index is 13.2. The molecular formula is C26H33NO8. The minimum Gasteiger partial charge on any atom is -0.453 e. The molecule has 0 aliphatic carbocycles. The number of esters is 1. The summed E-state index contributed by atoms with van der Waals surface area (Å²) in [6.45, 7) is 4.27. The summed E-state index contributed by atoms with van der Waals surface area (Å²) in [5.74, 6) is -3.68. The molecule has 35 heavy (non-hydrogen) atoms. The smallest absolute Gasteiger partial charge is 0.417 e. The second-order valence-electron chi connectivity index (χ2n) is 8.57. The molecule has 2 amide bonds. The lowest BCUT2D eigenvalue weighted by molar-refractivity contribution is -0.158. The van der Waals surface area contributed by atoms with Crippen LogP contribution in [0.1, 0.15) is 64.5 Å². The van der Waals surface area contributed by atoms with Crippen LogP contribution in [-0.4, -0.2) is 58.3 Å². The number of unbranched alkanes of at least 4 members (excludes halogenated alkanes) is 3. The zero-order valence-corrected chi connectivity index (χ0v) is 20.3. The van der Waals surface area contributed by atoms with Gasteiger partial charge in [-0.25, -0.2) is 9.69 Å². The van der Waals surface area contributed by atoms with E-state index in [0.717, 1.165) is 42.4 Å². The maximum Gasteiger partial charge on any atom is 0.417 e. The number of carbonyl (C=O) groups excluding carboxylic acids is 5. The fourth-order valence-electron chi connectivity index (χ4n) is 3.90. The summed E-state index contributed by atoms with van der Waals surface area (Å²) in [4.78, 5) is 63.2. The molecule has 2 rings (SSSR count). The SMILES string of the molecule is CC(=O)OC(C(=O)C=CC(=O)CCCCCCO)C(C)C(=O)N1C(=O)OC(c2ccccc2)C1C. The molecule has 1 aliphatic rings. The van der Waals surface area contributed by atoms with Gasteiger partial charge in [0.2, 0.25) is 5.91 Å². The van der Waals surface area contributed by atoms with Crippen LogP contribution in [0, 0.1) is 5.92 Å². The molecule has 0 saturated carbocycles. The highest BCUT2D eigenvalue weighted by molar-refractivity contribution is 6.04. The van der Waals surface area contributed by atoms with Gasteiger partial charge in [-0.1, -0.05) is 43.2 Å². The first kappa shape index (κ1) is 27.9. The highest BCUT2D eigenvalue weighted by Crippen LogP contribution is 2.33. The lowest BCUT2D eigenvalue weighted by atomic mass is 9.96. The third-order valence-electron chi connectivity index (χ3n) is 5.82. The van der Waals surface area contributed by atoms with Crippen LogP contribution < -0.4 is 0 Å². The van der Waals surface area contributed by atoms with Gasteiger partial charge in [-0.3, -0.25) is 19.2 Å². The number of rotatable bonds is 13. The molecular weight excluding hydrogens is 454 g/mol. The zero-order chi connectivity index (χ0) is 26.0. The number of hydrogen-bond acceptors (Lipinski definition) is 8. The molecule has 1 aliphatic heterocycles. The van der Waals surface area contributed by atoms with Gasteiger partial charge in [0.05, 0.1) is 12.0 Å². The summed E-state index contributed by atoms with van der Waals surface area (Å²) in [5.41, 5.74) is 0.724. The number of hydrogen-bond donors (Lipinski definition) is 1. The van der Waals surface area contributed by atoms with E-state index in [1.807, 2.05) is 6.07 Å². The van der Waals surface area contributed by atoms with E-state index in [-0.39, 0.29) is 18.8 Å². The second kappa shape index (κ2) is 13.5. The van der Waals surface area contributed by atoms with Crippen molar-refractivity contribution in [3.63, 3.8) is 0 Å². The fourth-order valence-corrected chi connectivity index (χ4v) is 3.90. The molecule has 4 unspecified atom stereocenters. The Bertz CT molecular complexity index is 942. The number of aliphatic hydroxyl groups is 1. The van der Waals surface area contributed by atoms with Crippen molar-refractivity contribution in [3.8, 4) is 0 Å². The number of ketones is 2. The van der Waals surface area contributed by atoms with Gasteiger partial charge in [-0.2, -0.15) is 0 Å². The van der Waals surface area contributed by atoms with Crippen LogP contribution in [0.4, 0.5) is 4.79 Å². The van der Waals surface area contributed by atoms with E-state index in [4.69, 9.17) is 14.6 Å². The fraction of sp³-hybridized carbons (Fsp3) is 0.500. The van der Waals surface area contributed by atoms with Crippen molar-refractivity contribution in [3.05, 3.63) is 48.0 Å². The Hall–Kier alpha value is -3.33. The number of ether oxygens (including phenoxy) is 2. The molecule has 1 aromatic rings. The van der Waals surface area contributed by atoms with Crippen LogP contribution in [0.3, 0.4) is 0 Å². The van der Waals surface area contributed by atoms with Crippen LogP contribution in [0.15, 0.2) is 42.5 Å². The van der Waals surface area contributed by atoms with E-state index in [1.165, 1.54) is 6.92 Å². The van der Waals surface area contributed by atoms with Crippen LogP contribution in [0.25, 0.3) is 0 Å². The molecule has 1 heterocycles. The number of cyclic esters (lactones) is 1. The molecule has 190 valence electrons. The Morgan fingerprint density at radius 3 is 2.37 bits per heavy atom. The van der Waals surface area contributed by atoms with E-state index in [2.05, 4.69) is 0 Å². The zero-order valence-electron chi connectivity index (χ0n) is 20.3. The summed E-state index contributed by atoms with van der Waals surface area (Å²) in [7, 11) is 0. The minimum absolute atomic E-state index is 0.109. The van der Waals surface area contributed by atoms with Crippen LogP contribution >= 0.6 is 0 Å². The monoisotopic (exact) mass is 487 g/mol. The highest BCUT2D eigenvalue weighted by Gasteiger charge is 2.47. The van der Waals surface area contributed by atoms with Gasteiger partial charge in [0.1, 0.15) is 6.10 Å². The standard InChI is InChI=1S/C26H33NO8/c1-17(25(32)27-18(2)24(35-26(27)33)20-11-7-6-8-12-20)23(34-19(3)29)22(31)15-14-21(30)13-9-4-5-10-16-28/h6-8,11-12,14-15,17-18,23-24,28H,4-5,9-10,13,16H2,1-3H3. The molecule has 1 N–H and O–H groups in total. The quantitative estimate of drug-likeness (QED) is 0.255. The Labute approximate surface area is 205 Å². The number of allylic oxidation sites excluding steroid dienone is 1. The van der Waals surface area contributed by atoms with Gasteiger partial charge in [0, 0.05) is 20.0 Å². The lowest BCUT2D eigenvalue weighted by Gasteiger charge is -2.26. The van der Waals surface area contributed by atoms with Crippen LogP contribution in [0.2, 0.25) is 0 Å². The minimum atomic E-state index is -1.50. The van der Waals surface area contributed by atoms with Crippen molar-refractivity contribution in [1.29, 1.82) is 0 Å². The van der Waals surface area contributed by atoms with Crippen molar-refractivity contribution >= 4 is 29.5 Å². The summed E-state index contributed by atoms with van der Waals surface area (Å²) in [6.07, 6.45) is 2.23. The first-order chi connectivity index (χ1) is 16.7. The highest BCUT2D eigenvalue weighted by atomic mass is 16.6. The molecule has 0 bridgehead atoms. The molecule has 1 saturated heterocycles. The summed E-state index contributed by atoms with van der Waals surface area (Å²) in [5, 5.41) is 8.78. The largest absolute Gasteiger partial charge is 0.453 e. The maximum absolute atomic E-state index is 13.2. The number of nitrogens with zero attached hydrogens (tertiary/aromatic N) is 1. The number of benzene rings is 1. The Balaban J connectivity index is 2.08. The molecule has 9 nitrogen and oxygen atoms in total. The number of carbonyl (C=O) groups is 5. The van der Waals surface area contributed by atoms with Crippen molar-refractivity contribution in [1.82, 2.24) is 4.90 Å². The molecule has 0 spiro atoms. The van der Waals surface area contributed by atoms with Crippen LogP contribution in [0.5, 0.6) is 0 Å². The van der Waals surface area contributed by atoms with Gasteiger partial charge >= 0.3 is 12.1 Å². The summed E-state index contributed by atoms with van der Waals surface area (Å²) in [6, 6.07) is 8.33. The lowest BCUT2D eigenvalue weighted by Crippen LogP contribution is -2.47. The van der Waals surface area contributed by atoms with Gasteiger partial charge < -0.3 is 14.6 Å². The predicted molar refractivity (Wildman–Crippen MR) is 126 cm³/mol. The molecule has 1 aromatic carbocycles. The van der Waals surface area contributed by atoms with Crippen molar-refractivity contribution < 1.29 is 38.6 Å². The summed E-state index contributed by atoms with van der Waals surface area (Å²) >= 11 is 0. The van der Waals surface area contributed by atoms with Gasteiger partial charge in [-0.15, -0.1) is 0 Å². The Kier molecular flexibility index (Phi) is 10.8. The number of aliphatic hydroxyl groups excluding tert-OH is 1. The first-order valence-corrected chi connectivity index (χ1v) is 11.8. The molecule has 9 heteroatoms. The predicted octanol–water partition coefficient (Wildman–Crippen LogP) is 3.30. The van der Waals surface area contributed by atoms with E-state index in [9.17, 15) is 24.0 Å². The van der Waals surface area contributed by atoms with Crippen molar-refractivity contribution in [2.75, 3.05) is 6.61 Å². The summed E-state index contributed by atoms with van der Waals surface area (Å²) < 4.78 is 10.5. The van der Waals surface area contributed by atoms with E-state index < -0.39 is 47.9 Å². The van der Waals surface area contributed by atoms with E-state index in [1.54, 1.807) is 31.2 Å². The van der Waals surface area contributed by atoms with Gasteiger partial charge in [-0.05, 0) is 44.4 Å². The molecule has 1 fully saturated rings. The number of imide groups is 1. The average Bonchev–Trinajstić information content (AvgIpc) is 3.14. The van der Waals surface area contributed by atoms with E-state index >= 15 is 0 Å². The van der Waals surface area contributed by atoms with Crippen LogP contribution in [-0.2, 0) is 28.7 Å². The third kappa shape index (κ3) is 7.85. The molecule has 0 radical (unpaired) electrons. The normalized spacial score (nSPS) is 19.3. The second-order valence-corrected chi connectivity index (χ2v) is 8.57. The van der Waals surface area contributed by atoms with Gasteiger partial charge in [0.25, 0.3) is 0 Å². The first-order valence-electron chi connectivity index (χ1n) is 11.8.